The Kier molecular flexibility index (Phi) is 8.38. The first kappa shape index (κ1) is 24.6. The van der Waals surface area contributed by atoms with Crippen molar-refractivity contribution in [3.05, 3.63) is 57.7 Å². The summed E-state index contributed by atoms with van der Waals surface area (Å²) in [5.74, 6) is 1.29. The number of rotatable bonds is 7. The van der Waals surface area contributed by atoms with Crippen molar-refractivity contribution < 1.29 is 23.8 Å². The number of hydrogen-bond donors (Lipinski definition) is 1. The van der Waals surface area contributed by atoms with Gasteiger partial charge in [-0.2, -0.15) is 0 Å². The lowest BCUT2D eigenvalue weighted by molar-refractivity contribution is -0.128. The van der Waals surface area contributed by atoms with Crippen LogP contribution in [0, 0.1) is 5.92 Å². The molecule has 1 fully saturated rings. The standard InChI is InChI=1S/C25H29BrN2O5/c1-16-11-13-28(14-12-16)25(30)20(27-24(29)17-5-8-19(26)9-6-17)15-18-7-10-21(31-2)23(33-4)22(18)32-3/h5-10,15-16H,11-14H2,1-4H3,(H,27,29). The minimum Gasteiger partial charge on any atom is -0.493 e. The summed E-state index contributed by atoms with van der Waals surface area (Å²) < 4.78 is 17.2. The molecule has 0 radical (unpaired) electrons. The van der Waals surface area contributed by atoms with Crippen LogP contribution in [0.25, 0.3) is 6.08 Å². The maximum atomic E-state index is 13.4. The van der Waals surface area contributed by atoms with Crippen molar-refractivity contribution in [2.24, 2.45) is 5.92 Å². The van der Waals surface area contributed by atoms with E-state index in [1.807, 2.05) is 0 Å². The van der Waals surface area contributed by atoms with E-state index in [0.717, 1.165) is 17.3 Å². The van der Waals surface area contributed by atoms with Gasteiger partial charge in [-0.25, -0.2) is 0 Å². The second kappa shape index (κ2) is 11.2. The van der Waals surface area contributed by atoms with Gasteiger partial charge in [-0.3, -0.25) is 9.59 Å². The zero-order valence-electron chi connectivity index (χ0n) is 19.3. The molecular formula is C25H29BrN2O5. The fourth-order valence-electron chi connectivity index (χ4n) is 3.72. The summed E-state index contributed by atoms with van der Waals surface area (Å²) in [5, 5.41) is 2.81. The van der Waals surface area contributed by atoms with E-state index in [-0.39, 0.29) is 17.5 Å². The average Bonchev–Trinajstić information content (AvgIpc) is 2.83. The topological polar surface area (TPSA) is 77.1 Å². The summed E-state index contributed by atoms with van der Waals surface area (Å²) in [7, 11) is 4.57. The van der Waals surface area contributed by atoms with Crippen molar-refractivity contribution in [3.63, 3.8) is 0 Å². The molecule has 1 N–H and O–H groups in total. The maximum Gasteiger partial charge on any atom is 0.270 e. The number of piperidine rings is 1. The van der Waals surface area contributed by atoms with Crippen molar-refractivity contribution in [2.45, 2.75) is 19.8 Å². The zero-order chi connectivity index (χ0) is 24.0. The average molecular weight is 517 g/mol. The molecule has 1 aliphatic heterocycles. The zero-order valence-corrected chi connectivity index (χ0v) is 20.9. The summed E-state index contributed by atoms with van der Waals surface area (Å²) in [4.78, 5) is 28.2. The molecule has 3 rings (SSSR count). The second-order valence-electron chi connectivity index (χ2n) is 7.92. The predicted octanol–water partition coefficient (Wildman–Crippen LogP) is 4.50. The number of methoxy groups -OCH3 is 3. The Bertz CT molecular complexity index is 1030. The van der Waals surface area contributed by atoms with E-state index in [9.17, 15) is 9.59 Å². The summed E-state index contributed by atoms with van der Waals surface area (Å²) in [6, 6.07) is 10.4. The van der Waals surface area contributed by atoms with Gasteiger partial charge < -0.3 is 24.4 Å². The maximum absolute atomic E-state index is 13.4. The van der Waals surface area contributed by atoms with Crippen LogP contribution in [-0.2, 0) is 4.79 Å². The van der Waals surface area contributed by atoms with Crippen LogP contribution in [0.5, 0.6) is 17.2 Å². The van der Waals surface area contributed by atoms with Crippen LogP contribution in [0.15, 0.2) is 46.6 Å². The quantitative estimate of drug-likeness (QED) is 0.548. The minimum absolute atomic E-state index is 0.169. The van der Waals surface area contributed by atoms with Crippen molar-refractivity contribution in [2.75, 3.05) is 34.4 Å². The molecule has 2 aromatic rings. The molecule has 0 bridgehead atoms. The van der Waals surface area contributed by atoms with Gasteiger partial charge in [0.05, 0.1) is 21.3 Å². The number of hydrogen-bond acceptors (Lipinski definition) is 5. The van der Waals surface area contributed by atoms with Gasteiger partial charge in [0.25, 0.3) is 11.8 Å². The minimum atomic E-state index is -0.369. The van der Waals surface area contributed by atoms with Crippen LogP contribution in [-0.4, -0.2) is 51.1 Å². The first-order valence-electron chi connectivity index (χ1n) is 10.7. The van der Waals surface area contributed by atoms with E-state index < -0.39 is 0 Å². The number of likely N-dealkylation sites (tertiary alicyclic amines) is 1. The number of amides is 2. The molecule has 8 heteroatoms. The summed E-state index contributed by atoms with van der Waals surface area (Å²) in [6.45, 7) is 3.48. The highest BCUT2D eigenvalue weighted by molar-refractivity contribution is 9.10. The van der Waals surface area contributed by atoms with Crippen molar-refractivity contribution in [1.29, 1.82) is 0 Å². The van der Waals surface area contributed by atoms with E-state index in [4.69, 9.17) is 14.2 Å². The van der Waals surface area contributed by atoms with Gasteiger partial charge in [-0.15, -0.1) is 0 Å². The Morgan fingerprint density at radius 2 is 1.61 bits per heavy atom. The van der Waals surface area contributed by atoms with Gasteiger partial charge in [-0.1, -0.05) is 22.9 Å². The fraction of sp³-hybridized carbons (Fsp3) is 0.360. The number of carbonyl (C=O) groups is 2. The van der Waals surface area contributed by atoms with E-state index in [1.54, 1.807) is 47.4 Å². The van der Waals surface area contributed by atoms with E-state index in [2.05, 4.69) is 28.2 Å². The molecule has 0 aliphatic carbocycles. The Hall–Kier alpha value is -3.00. The third-order valence-corrected chi connectivity index (χ3v) is 6.22. The van der Waals surface area contributed by atoms with Crippen LogP contribution in [0.3, 0.4) is 0 Å². The molecule has 0 unspecified atom stereocenters. The van der Waals surface area contributed by atoms with Crippen molar-refractivity contribution >= 4 is 33.8 Å². The molecule has 0 saturated carbocycles. The van der Waals surface area contributed by atoms with E-state index in [0.29, 0.717) is 47.4 Å². The Morgan fingerprint density at radius 3 is 2.18 bits per heavy atom. The lowest BCUT2D eigenvalue weighted by Crippen LogP contribution is -2.42. The number of nitrogens with one attached hydrogen (secondary N) is 1. The summed E-state index contributed by atoms with van der Waals surface area (Å²) in [6.07, 6.45) is 3.48. The fourth-order valence-corrected chi connectivity index (χ4v) is 3.99. The summed E-state index contributed by atoms with van der Waals surface area (Å²) in [5.41, 5.74) is 1.20. The van der Waals surface area contributed by atoms with E-state index in [1.165, 1.54) is 21.3 Å². The van der Waals surface area contributed by atoms with E-state index >= 15 is 0 Å². The van der Waals surface area contributed by atoms with Gasteiger partial charge in [0.15, 0.2) is 11.5 Å². The highest BCUT2D eigenvalue weighted by Crippen LogP contribution is 2.40. The van der Waals surface area contributed by atoms with Crippen molar-refractivity contribution in [1.82, 2.24) is 10.2 Å². The third-order valence-electron chi connectivity index (χ3n) is 5.69. The largest absolute Gasteiger partial charge is 0.493 e. The molecule has 7 nitrogen and oxygen atoms in total. The molecule has 2 aromatic carbocycles. The number of ether oxygens (including phenoxy) is 3. The molecular weight excluding hydrogens is 488 g/mol. The summed E-state index contributed by atoms with van der Waals surface area (Å²) >= 11 is 3.37. The molecule has 33 heavy (non-hydrogen) atoms. The van der Waals surface area contributed by atoms with Crippen LogP contribution in [0.4, 0.5) is 0 Å². The highest BCUT2D eigenvalue weighted by atomic mass is 79.9. The Balaban J connectivity index is 2.01. The molecule has 0 aromatic heterocycles. The van der Waals surface area contributed by atoms with Gasteiger partial charge in [0.2, 0.25) is 5.75 Å². The predicted molar refractivity (Wildman–Crippen MR) is 131 cm³/mol. The van der Waals surface area contributed by atoms with Gasteiger partial charge in [0.1, 0.15) is 5.70 Å². The van der Waals surface area contributed by atoms with Crippen molar-refractivity contribution in [3.8, 4) is 17.2 Å². The van der Waals surface area contributed by atoms with Gasteiger partial charge in [-0.05, 0) is 61.2 Å². The van der Waals surface area contributed by atoms with Crippen LogP contribution >= 0.6 is 15.9 Å². The molecule has 0 atom stereocenters. The van der Waals surface area contributed by atoms with Gasteiger partial charge >= 0.3 is 0 Å². The number of nitrogens with zero attached hydrogens (tertiary/aromatic N) is 1. The lowest BCUT2D eigenvalue weighted by atomic mass is 9.99. The first-order valence-corrected chi connectivity index (χ1v) is 11.5. The number of carbonyl (C=O) groups excluding carboxylic acids is 2. The monoisotopic (exact) mass is 516 g/mol. The molecule has 0 spiro atoms. The number of benzene rings is 2. The number of halogens is 1. The molecule has 1 aliphatic rings. The third kappa shape index (κ3) is 5.87. The molecule has 2 amide bonds. The Morgan fingerprint density at radius 1 is 0.970 bits per heavy atom. The SMILES string of the molecule is COc1ccc(C=C(NC(=O)c2ccc(Br)cc2)C(=O)N2CCC(C)CC2)c(OC)c1OC. The van der Waals surface area contributed by atoms with Crippen LogP contribution in [0.2, 0.25) is 0 Å². The second-order valence-corrected chi connectivity index (χ2v) is 8.83. The molecule has 1 heterocycles. The molecule has 176 valence electrons. The lowest BCUT2D eigenvalue weighted by Gasteiger charge is -2.31. The van der Waals surface area contributed by atoms with Crippen LogP contribution in [0.1, 0.15) is 35.7 Å². The highest BCUT2D eigenvalue weighted by Gasteiger charge is 2.25. The first-order chi connectivity index (χ1) is 15.9. The normalized spacial score (nSPS) is 14.6. The van der Waals surface area contributed by atoms with Crippen LogP contribution < -0.4 is 19.5 Å². The Labute approximate surface area is 202 Å². The van der Waals surface area contributed by atoms with Gasteiger partial charge in [0, 0.05) is 28.7 Å². The molecule has 1 saturated heterocycles. The smallest absolute Gasteiger partial charge is 0.270 e.